The van der Waals surface area contributed by atoms with Gasteiger partial charge in [-0.1, -0.05) is 23.2 Å². The van der Waals surface area contributed by atoms with Crippen molar-refractivity contribution in [3.8, 4) is 11.3 Å². The molecule has 0 bridgehead atoms. The highest BCUT2D eigenvalue weighted by atomic mass is 35.5. The third-order valence-corrected chi connectivity index (χ3v) is 4.02. The molecule has 0 unspecified atom stereocenters. The van der Waals surface area contributed by atoms with E-state index in [1.54, 1.807) is 18.3 Å². The second kappa shape index (κ2) is 5.58. The van der Waals surface area contributed by atoms with Gasteiger partial charge in [0.05, 0.1) is 22.6 Å². The van der Waals surface area contributed by atoms with E-state index >= 15 is 0 Å². The summed E-state index contributed by atoms with van der Waals surface area (Å²) in [7, 11) is 0. The number of nitrogens with zero attached hydrogens (tertiary/aromatic N) is 2. The predicted molar refractivity (Wildman–Crippen MR) is 81.1 cm³/mol. The minimum atomic E-state index is -0.355. The number of pyridine rings is 1. The molecule has 3 rings (SSSR count). The molecule has 0 amide bonds. The van der Waals surface area contributed by atoms with E-state index in [-0.39, 0.29) is 5.82 Å². The molecule has 1 aromatic carbocycles. The number of hydrogen-bond acceptors (Lipinski definition) is 2. The molecule has 0 spiro atoms. The minimum Gasteiger partial charge on any atom is -0.369 e. The highest BCUT2D eigenvalue weighted by Gasteiger charge is 2.17. The molecule has 2 aromatic rings. The summed E-state index contributed by atoms with van der Waals surface area (Å²) in [6.45, 7) is 1.98. The zero-order valence-electron chi connectivity index (χ0n) is 10.7. The van der Waals surface area contributed by atoms with Gasteiger partial charge in [0, 0.05) is 23.7 Å². The maximum Gasteiger partial charge on any atom is 0.132 e. The zero-order valence-corrected chi connectivity index (χ0v) is 12.3. The lowest BCUT2D eigenvalue weighted by Crippen LogP contribution is -2.18. The molecule has 0 atom stereocenters. The van der Waals surface area contributed by atoms with Crippen LogP contribution in [-0.2, 0) is 0 Å². The normalized spacial score (nSPS) is 14.8. The monoisotopic (exact) mass is 310 g/mol. The van der Waals surface area contributed by atoms with Crippen molar-refractivity contribution in [2.45, 2.75) is 12.8 Å². The molecule has 1 aliphatic rings. The van der Waals surface area contributed by atoms with Gasteiger partial charge in [-0.25, -0.2) is 4.39 Å². The van der Waals surface area contributed by atoms with E-state index in [1.807, 2.05) is 0 Å². The van der Waals surface area contributed by atoms with Gasteiger partial charge in [0.25, 0.3) is 0 Å². The maximum atomic E-state index is 13.8. The number of hydrogen-bond donors (Lipinski definition) is 0. The van der Waals surface area contributed by atoms with Crippen molar-refractivity contribution >= 4 is 28.9 Å². The average molecular weight is 311 g/mol. The van der Waals surface area contributed by atoms with Crippen LogP contribution in [0, 0.1) is 5.82 Å². The van der Waals surface area contributed by atoms with Crippen molar-refractivity contribution in [3.05, 3.63) is 46.3 Å². The number of rotatable bonds is 2. The third kappa shape index (κ3) is 2.60. The van der Waals surface area contributed by atoms with E-state index in [2.05, 4.69) is 9.88 Å². The van der Waals surface area contributed by atoms with Gasteiger partial charge < -0.3 is 4.90 Å². The van der Waals surface area contributed by atoms with E-state index < -0.39 is 0 Å². The van der Waals surface area contributed by atoms with E-state index in [1.165, 1.54) is 25.0 Å². The second-order valence-corrected chi connectivity index (χ2v) is 5.68. The summed E-state index contributed by atoms with van der Waals surface area (Å²) < 4.78 is 13.8. The van der Waals surface area contributed by atoms with Crippen LogP contribution in [0.25, 0.3) is 11.3 Å². The Balaban J connectivity index is 1.99. The topological polar surface area (TPSA) is 16.1 Å². The standard InChI is InChI=1S/C15H13Cl2FN2/c16-10-3-4-13(18)11(7-10)14-8-12(17)15(9-19-14)20-5-1-2-6-20/h3-4,7-9H,1-2,5-6H2. The van der Waals surface area contributed by atoms with Gasteiger partial charge in [-0.05, 0) is 37.1 Å². The Kier molecular flexibility index (Phi) is 3.81. The molecule has 1 aromatic heterocycles. The van der Waals surface area contributed by atoms with E-state index in [9.17, 15) is 4.39 Å². The molecular formula is C15H13Cl2FN2. The van der Waals surface area contributed by atoms with Crippen molar-refractivity contribution in [1.29, 1.82) is 0 Å². The Labute approximate surface area is 127 Å². The average Bonchev–Trinajstić information content (AvgIpc) is 2.95. The SMILES string of the molecule is Fc1ccc(Cl)cc1-c1cc(Cl)c(N2CCCC2)cn1. The Morgan fingerprint density at radius 1 is 1.10 bits per heavy atom. The van der Waals surface area contributed by atoms with Gasteiger partial charge in [-0.3, -0.25) is 4.98 Å². The van der Waals surface area contributed by atoms with Gasteiger partial charge >= 0.3 is 0 Å². The summed E-state index contributed by atoms with van der Waals surface area (Å²) >= 11 is 12.2. The summed E-state index contributed by atoms with van der Waals surface area (Å²) in [4.78, 5) is 6.53. The fourth-order valence-electron chi connectivity index (χ4n) is 2.46. The van der Waals surface area contributed by atoms with E-state index in [0.717, 1.165) is 18.8 Å². The van der Waals surface area contributed by atoms with E-state index in [4.69, 9.17) is 23.2 Å². The molecule has 1 fully saturated rings. The Hall–Kier alpha value is -1.32. The molecule has 0 saturated carbocycles. The van der Waals surface area contributed by atoms with Gasteiger partial charge in [-0.15, -0.1) is 0 Å². The Morgan fingerprint density at radius 2 is 1.85 bits per heavy atom. The van der Waals surface area contributed by atoms with Crippen molar-refractivity contribution in [3.63, 3.8) is 0 Å². The zero-order chi connectivity index (χ0) is 14.1. The molecule has 2 nitrogen and oxygen atoms in total. The van der Waals surface area contributed by atoms with Gasteiger partial charge in [0.2, 0.25) is 0 Å². The molecule has 1 saturated heterocycles. The van der Waals surface area contributed by atoms with Crippen LogP contribution in [0.4, 0.5) is 10.1 Å². The first-order chi connectivity index (χ1) is 9.65. The number of halogens is 3. The summed E-state index contributed by atoms with van der Waals surface area (Å²) in [5, 5.41) is 1.07. The first-order valence-corrected chi connectivity index (χ1v) is 7.26. The molecule has 1 aliphatic heterocycles. The molecule has 2 heterocycles. The van der Waals surface area contributed by atoms with E-state index in [0.29, 0.717) is 21.3 Å². The summed E-state index contributed by atoms with van der Waals surface area (Å²) in [5.41, 5.74) is 1.78. The highest BCUT2D eigenvalue weighted by Crippen LogP contribution is 2.32. The second-order valence-electron chi connectivity index (χ2n) is 4.84. The number of anilines is 1. The summed E-state index contributed by atoms with van der Waals surface area (Å²) in [6.07, 6.45) is 4.05. The maximum absolute atomic E-state index is 13.8. The van der Waals surface area contributed by atoms with Crippen LogP contribution >= 0.6 is 23.2 Å². The lowest BCUT2D eigenvalue weighted by atomic mass is 10.1. The predicted octanol–water partition coefficient (Wildman–Crippen LogP) is 4.79. The number of benzene rings is 1. The van der Waals surface area contributed by atoms with Crippen LogP contribution in [0.2, 0.25) is 10.0 Å². The third-order valence-electron chi connectivity index (χ3n) is 3.49. The Morgan fingerprint density at radius 3 is 2.55 bits per heavy atom. The van der Waals surface area contributed by atoms with Crippen LogP contribution in [0.3, 0.4) is 0 Å². The van der Waals surface area contributed by atoms with Crippen LogP contribution < -0.4 is 4.90 Å². The molecule has 5 heteroatoms. The van der Waals surface area contributed by atoms with Crippen LogP contribution in [0.15, 0.2) is 30.5 Å². The fraction of sp³-hybridized carbons (Fsp3) is 0.267. The van der Waals surface area contributed by atoms with Crippen LogP contribution in [0.1, 0.15) is 12.8 Å². The van der Waals surface area contributed by atoms with Crippen molar-refractivity contribution in [2.24, 2.45) is 0 Å². The number of aromatic nitrogens is 1. The molecule has 20 heavy (non-hydrogen) atoms. The smallest absolute Gasteiger partial charge is 0.132 e. The quantitative estimate of drug-likeness (QED) is 0.792. The Bertz CT molecular complexity index is 640. The minimum absolute atomic E-state index is 0.355. The first kappa shape index (κ1) is 13.7. The van der Waals surface area contributed by atoms with Crippen LogP contribution in [0.5, 0.6) is 0 Å². The first-order valence-electron chi connectivity index (χ1n) is 6.51. The van der Waals surface area contributed by atoms with Gasteiger partial charge in [0.1, 0.15) is 5.82 Å². The largest absolute Gasteiger partial charge is 0.369 e. The molecule has 0 aliphatic carbocycles. The van der Waals surface area contributed by atoms with Crippen molar-refractivity contribution in [1.82, 2.24) is 4.98 Å². The lowest BCUT2D eigenvalue weighted by Gasteiger charge is -2.19. The van der Waals surface area contributed by atoms with Gasteiger partial charge in [-0.2, -0.15) is 0 Å². The fourth-order valence-corrected chi connectivity index (χ4v) is 2.90. The molecule has 104 valence electrons. The molecule has 0 radical (unpaired) electrons. The summed E-state index contributed by atoms with van der Waals surface area (Å²) in [6, 6.07) is 6.11. The summed E-state index contributed by atoms with van der Waals surface area (Å²) in [5.74, 6) is -0.355. The highest BCUT2D eigenvalue weighted by molar-refractivity contribution is 6.33. The van der Waals surface area contributed by atoms with Crippen molar-refractivity contribution < 1.29 is 4.39 Å². The van der Waals surface area contributed by atoms with Crippen molar-refractivity contribution in [2.75, 3.05) is 18.0 Å². The van der Waals surface area contributed by atoms with Gasteiger partial charge in [0.15, 0.2) is 0 Å². The lowest BCUT2D eigenvalue weighted by molar-refractivity contribution is 0.631. The molecule has 0 N–H and O–H groups in total. The van der Waals surface area contributed by atoms with Crippen LogP contribution in [-0.4, -0.2) is 18.1 Å². The molecular weight excluding hydrogens is 298 g/mol.